The third-order valence-corrected chi connectivity index (χ3v) is 7.43. The Morgan fingerprint density at radius 1 is 1.00 bits per heavy atom. The maximum absolute atomic E-state index is 14.1. The van der Waals surface area contributed by atoms with Gasteiger partial charge >= 0.3 is 5.97 Å². The molecule has 5 rings (SSSR count). The van der Waals surface area contributed by atoms with Crippen molar-refractivity contribution in [1.82, 2.24) is 4.90 Å². The van der Waals surface area contributed by atoms with E-state index in [2.05, 4.69) is 0 Å². The molecule has 216 valence electrons. The minimum Gasteiger partial charge on any atom is -0.493 e. The van der Waals surface area contributed by atoms with E-state index in [4.69, 9.17) is 18.9 Å². The second-order valence-corrected chi connectivity index (χ2v) is 10.3. The summed E-state index contributed by atoms with van der Waals surface area (Å²) in [6.07, 6.45) is -2.68. The van der Waals surface area contributed by atoms with Crippen molar-refractivity contribution >= 4 is 11.9 Å². The van der Waals surface area contributed by atoms with Crippen LogP contribution in [0.4, 0.5) is 8.78 Å². The van der Waals surface area contributed by atoms with E-state index in [0.717, 1.165) is 16.7 Å². The lowest BCUT2D eigenvalue weighted by Crippen LogP contribution is -2.52. The number of hydrogen-bond donors (Lipinski definition) is 0. The van der Waals surface area contributed by atoms with Gasteiger partial charge in [-0.25, -0.2) is 13.6 Å². The molecule has 0 spiro atoms. The van der Waals surface area contributed by atoms with Crippen LogP contribution in [-0.2, 0) is 38.6 Å². The molecule has 0 N–H and O–H groups in total. The van der Waals surface area contributed by atoms with E-state index in [-0.39, 0.29) is 26.2 Å². The molecule has 0 radical (unpaired) electrons. The number of esters is 1. The minimum atomic E-state index is -2.80. The largest absolute Gasteiger partial charge is 0.493 e. The van der Waals surface area contributed by atoms with Crippen molar-refractivity contribution in [2.45, 2.75) is 63.5 Å². The molecule has 3 aromatic carbocycles. The molecule has 9 heteroatoms. The van der Waals surface area contributed by atoms with Gasteiger partial charge in [-0.1, -0.05) is 66.7 Å². The number of carbonyl (C=O) groups is 2. The van der Waals surface area contributed by atoms with E-state index in [1.807, 2.05) is 36.4 Å². The topological polar surface area (TPSA) is 74.3 Å². The summed E-state index contributed by atoms with van der Waals surface area (Å²) in [7, 11) is 1.55. The fraction of sp³-hybridized carbons (Fsp3) is 0.375. The predicted octanol–water partition coefficient (Wildman–Crippen LogP) is 5.65. The molecular formula is C32H33F2NO6. The SMILES string of the molecule is CCOC(=O)C1Cc2c(ccc(OC)c2OCc2ccccc2)CN1C(=O)C(OC1CC(F)(F)C1)c1ccccc1. The number of alkyl halides is 2. The first-order chi connectivity index (χ1) is 19.8. The minimum absolute atomic E-state index is 0.0802. The summed E-state index contributed by atoms with van der Waals surface area (Å²) in [6, 6.07) is 21.1. The first-order valence-corrected chi connectivity index (χ1v) is 13.7. The predicted molar refractivity (Wildman–Crippen MR) is 147 cm³/mol. The van der Waals surface area contributed by atoms with Gasteiger partial charge in [-0.15, -0.1) is 0 Å². The fourth-order valence-corrected chi connectivity index (χ4v) is 5.30. The molecule has 1 saturated carbocycles. The number of halogens is 2. The Morgan fingerprint density at radius 3 is 2.32 bits per heavy atom. The highest BCUT2D eigenvalue weighted by molar-refractivity contribution is 5.89. The lowest BCUT2D eigenvalue weighted by Gasteiger charge is -2.40. The molecule has 1 amide bonds. The normalized spacial score (nSPS) is 18.5. The molecule has 1 fully saturated rings. The van der Waals surface area contributed by atoms with E-state index in [9.17, 15) is 18.4 Å². The zero-order chi connectivity index (χ0) is 29.0. The van der Waals surface area contributed by atoms with Crippen molar-refractivity contribution in [3.05, 3.63) is 95.1 Å². The van der Waals surface area contributed by atoms with Crippen LogP contribution in [0, 0.1) is 0 Å². The number of hydrogen-bond acceptors (Lipinski definition) is 6. The lowest BCUT2D eigenvalue weighted by atomic mass is 9.90. The summed E-state index contributed by atoms with van der Waals surface area (Å²) in [4.78, 5) is 28.8. The van der Waals surface area contributed by atoms with Gasteiger partial charge in [-0.3, -0.25) is 4.79 Å². The van der Waals surface area contributed by atoms with E-state index in [1.54, 1.807) is 50.4 Å². The summed E-state index contributed by atoms with van der Waals surface area (Å²) in [5.74, 6) is -2.84. The Balaban J connectivity index is 1.48. The first kappa shape index (κ1) is 28.5. The summed E-state index contributed by atoms with van der Waals surface area (Å²) < 4.78 is 50.4. The summed E-state index contributed by atoms with van der Waals surface area (Å²) in [5, 5.41) is 0. The lowest BCUT2D eigenvalue weighted by molar-refractivity contribution is -0.194. The van der Waals surface area contributed by atoms with Gasteiger partial charge in [0.25, 0.3) is 11.8 Å². The van der Waals surface area contributed by atoms with Gasteiger partial charge in [0.05, 0.1) is 19.8 Å². The van der Waals surface area contributed by atoms with Crippen molar-refractivity contribution in [2.24, 2.45) is 0 Å². The highest BCUT2D eigenvalue weighted by atomic mass is 19.3. The average molecular weight is 566 g/mol. The molecule has 0 aromatic heterocycles. The van der Waals surface area contributed by atoms with E-state index in [1.165, 1.54) is 4.90 Å². The van der Waals surface area contributed by atoms with Gasteiger partial charge in [-0.2, -0.15) is 0 Å². The van der Waals surface area contributed by atoms with E-state index in [0.29, 0.717) is 17.1 Å². The van der Waals surface area contributed by atoms with Gasteiger partial charge in [0.15, 0.2) is 17.6 Å². The zero-order valence-corrected chi connectivity index (χ0v) is 23.1. The van der Waals surface area contributed by atoms with Crippen LogP contribution in [0.2, 0.25) is 0 Å². The molecule has 2 unspecified atom stereocenters. The first-order valence-electron chi connectivity index (χ1n) is 13.7. The van der Waals surface area contributed by atoms with Crippen LogP contribution in [-0.4, -0.2) is 48.6 Å². The average Bonchev–Trinajstić information content (AvgIpc) is 2.97. The zero-order valence-electron chi connectivity index (χ0n) is 23.1. The number of benzene rings is 3. The van der Waals surface area contributed by atoms with Crippen LogP contribution in [0.5, 0.6) is 11.5 Å². The van der Waals surface area contributed by atoms with Crippen molar-refractivity contribution < 1.29 is 37.3 Å². The molecular weight excluding hydrogens is 532 g/mol. The van der Waals surface area contributed by atoms with E-state index >= 15 is 0 Å². The molecule has 0 bridgehead atoms. The second-order valence-electron chi connectivity index (χ2n) is 10.3. The number of ether oxygens (including phenoxy) is 4. The van der Waals surface area contributed by atoms with Gasteiger partial charge < -0.3 is 23.8 Å². The molecule has 41 heavy (non-hydrogen) atoms. The molecule has 2 atom stereocenters. The van der Waals surface area contributed by atoms with Crippen LogP contribution in [0.25, 0.3) is 0 Å². The van der Waals surface area contributed by atoms with Gasteiger partial charge in [-0.05, 0) is 29.7 Å². The number of rotatable bonds is 10. The summed E-state index contributed by atoms with van der Waals surface area (Å²) in [5.41, 5.74) is 3.02. The third-order valence-electron chi connectivity index (χ3n) is 7.43. The van der Waals surface area contributed by atoms with Gasteiger partial charge in [0.2, 0.25) is 0 Å². The van der Waals surface area contributed by atoms with Crippen molar-refractivity contribution in [1.29, 1.82) is 0 Å². The Bertz CT molecular complexity index is 1360. The van der Waals surface area contributed by atoms with Crippen LogP contribution < -0.4 is 9.47 Å². The number of carbonyl (C=O) groups excluding carboxylic acids is 2. The van der Waals surface area contributed by atoms with Crippen molar-refractivity contribution in [3.63, 3.8) is 0 Å². The molecule has 2 aliphatic rings. The highest BCUT2D eigenvalue weighted by Crippen LogP contribution is 2.43. The van der Waals surface area contributed by atoms with Crippen molar-refractivity contribution in [2.75, 3.05) is 13.7 Å². The van der Waals surface area contributed by atoms with Crippen LogP contribution in [0.1, 0.15) is 48.1 Å². The Kier molecular flexibility index (Phi) is 8.54. The number of methoxy groups -OCH3 is 1. The molecule has 1 heterocycles. The smallest absolute Gasteiger partial charge is 0.329 e. The fourth-order valence-electron chi connectivity index (χ4n) is 5.30. The number of amides is 1. The highest BCUT2D eigenvalue weighted by Gasteiger charge is 2.49. The molecule has 1 aliphatic heterocycles. The number of fused-ring (bicyclic) bond motifs is 1. The quantitative estimate of drug-likeness (QED) is 0.296. The molecule has 1 aliphatic carbocycles. The molecule has 3 aromatic rings. The van der Waals surface area contributed by atoms with Crippen LogP contribution >= 0.6 is 0 Å². The second kappa shape index (κ2) is 12.3. The molecule has 0 saturated heterocycles. The maximum atomic E-state index is 14.1. The monoisotopic (exact) mass is 565 g/mol. The standard InChI is InChI=1S/C32H33F2NO6/c1-3-39-31(37)26-16-25-23(14-15-27(38-2)29(25)40-20-21-10-6-4-7-11-21)19-35(26)30(36)28(22-12-8-5-9-13-22)41-24-17-32(33,34)18-24/h4-15,24,26,28H,3,16-20H2,1-2H3. The Hall–Kier alpha value is -3.98. The Morgan fingerprint density at radius 2 is 1.68 bits per heavy atom. The summed E-state index contributed by atoms with van der Waals surface area (Å²) >= 11 is 0. The van der Waals surface area contributed by atoms with Crippen LogP contribution in [0.15, 0.2) is 72.8 Å². The van der Waals surface area contributed by atoms with Gasteiger partial charge in [0.1, 0.15) is 12.6 Å². The number of nitrogens with zero attached hydrogens (tertiary/aromatic N) is 1. The van der Waals surface area contributed by atoms with Crippen molar-refractivity contribution in [3.8, 4) is 11.5 Å². The Labute approximate surface area is 238 Å². The van der Waals surface area contributed by atoms with Gasteiger partial charge in [0, 0.05) is 31.4 Å². The molecule has 7 nitrogen and oxygen atoms in total. The maximum Gasteiger partial charge on any atom is 0.329 e. The third kappa shape index (κ3) is 6.35. The van der Waals surface area contributed by atoms with E-state index < -0.39 is 48.9 Å². The van der Waals surface area contributed by atoms with Crippen LogP contribution in [0.3, 0.4) is 0 Å². The summed E-state index contributed by atoms with van der Waals surface area (Å²) in [6.45, 7) is 2.20.